The number of rotatable bonds is 3. The van der Waals surface area contributed by atoms with Crippen LogP contribution in [0.4, 0.5) is 0 Å². The van der Waals surface area contributed by atoms with Crippen molar-refractivity contribution in [2.24, 2.45) is 0 Å². The van der Waals surface area contributed by atoms with Gasteiger partial charge in [0.15, 0.2) is 6.29 Å². The molecule has 3 aromatic heterocycles. The second kappa shape index (κ2) is 4.56. The standard InChI is InChI=1S/C13H8OS3/c14-8-9-3-4-12(17-9)13-10(5-7-16-13)11-2-1-6-15-11/h1-8H. The smallest absolute Gasteiger partial charge is 0.160 e. The predicted octanol–water partition coefficient (Wildman–Crippen LogP) is 5.02. The number of carbonyl (C=O) groups is 1. The zero-order valence-electron chi connectivity index (χ0n) is 8.75. The fourth-order valence-corrected chi connectivity index (χ4v) is 4.36. The summed E-state index contributed by atoms with van der Waals surface area (Å²) >= 11 is 5.02. The summed E-state index contributed by atoms with van der Waals surface area (Å²) in [6, 6.07) is 10.2. The molecule has 0 saturated carbocycles. The Morgan fingerprint density at radius 1 is 0.941 bits per heavy atom. The van der Waals surface area contributed by atoms with Crippen LogP contribution >= 0.6 is 34.0 Å². The summed E-state index contributed by atoms with van der Waals surface area (Å²) in [6.07, 6.45) is 0.909. The topological polar surface area (TPSA) is 17.1 Å². The van der Waals surface area contributed by atoms with E-state index in [-0.39, 0.29) is 0 Å². The molecule has 17 heavy (non-hydrogen) atoms. The van der Waals surface area contributed by atoms with Gasteiger partial charge in [-0.3, -0.25) is 4.79 Å². The van der Waals surface area contributed by atoms with Crippen LogP contribution in [0, 0.1) is 0 Å². The van der Waals surface area contributed by atoms with Crippen molar-refractivity contribution in [2.75, 3.05) is 0 Å². The Hall–Kier alpha value is -1.23. The molecule has 0 saturated heterocycles. The number of thiophene rings is 3. The van der Waals surface area contributed by atoms with Gasteiger partial charge >= 0.3 is 0 Å². The maximum Gasteiger partial charge on any atom is 0.160 e. The Bertz CT molecular complexity index is 631. The minimum atomic E-state index is 0.783. The van der Waals surface area contributed by atoms with Crippen molar-refractivity contribution in [3.63, 3.8) is 0 Å². The first-order chi connectivity index (χ1) is 8.38. The predicted molar refractivity (Wildman–Crippen MR) is 76.3 cm³/mol. The summed E-state index contributed by atoms with van der Waals surface area (Å²) in [5.41, 5.74) is 1.27. The molecule has 0 aliphatic carbocycles. The molecule has 0 aromatic carbocycles. The van der Waals surface area contributed by atoms with Gasteiger partial charge in [-0.25, -0.2) is 0 Å². The first kappa shape index (κ1) is 10.9. The van der Waals surface area contributed by atoms with E-state index in [1.165, 1.54) is 20.2 Å². The lowest BCUT2D eigenvalue weighted by Gasteiger charge is -1.97. The van der Waals surface area contributed by atoms with Crippen LogP contribution in [-0.4, -0.2) is 6.29 Å². The molecule has 3 rings (SSSR count). The average Bonchev–Trinajstić information content (AvgIpc) is 3.09. The maximum atomic E-state index is 10.7. The minimum absolute atomic E-state index is 0.783. The SMILES string of the molecule is O=Cc1ccc(-c2sccc2-c2cccs2)s1. The third-order valence-corrected chi connectivity index (χ3v) is 5.43. The molecule has 0 radical (unpaired) electrons. The molecule has 0 N–H and O–H groups in total. The van der Waals surface area contributed by atoms with Gasteiger partial charge in [0.05, 0.1) is 9.75 Å². The molecule has 3 heterocycles. The summed E-state index contributed by atoms with van der Waals surface area (Å²) in [4.78, 5) is 15.2. The summed E-state index contributed by atoms with van der Waals surface area (Å²) < 4.78 is 0. The van der Waals surface area contributed by atoms with E-state index < -0.39 is 0 Å². The Morgan fingerprint density at radius 3 is 2.59 bits per heavy atom. The van der Waals surface area contributed by atoms with Crippen molar-refractivity contribution in [3.8, 4) is 20.2 Å². The maximum absolute atomic E-state index is 10.7. The van der Waals surface area contributed by atoms with Crippen LogP contribution in [-0.2, 0) is 0 Å². The Labute approximate surface area is 111 Å². The second-order valence-corrected chi connectivity index (χ2v) is 6.44. The molecule has 0 bridgehead atoms. The highest BCUT2D eigenvalue weighted by atomic mass is 32.1. The minimum Gasteiger partial charge on any atom is -0.297 e. The third-order valence-electron chi connectivity index (χ3n) is 2.42. The Kier molecular flexibility index (Phi) is 2.93. The van der Waals surface area contributed by atoms with Crippen molar-refractivity contribution in [2.45, 2.75) is 0 Å². The van der Waals surface area contributed by atoms with Crippen molar-refractivity contribution in [1.82, 2.24) is 0 Å². The number of carbonyl (C=O) groups excluding carboxylic acids is 1. The van der Waals surface area contributed by atoms with Crippen molar-refractivity contribution >= 4 is 40.3 Å². The summed E-state index contributed by atoms with van der Waals surface area (Å²) in [6.45, 7) is 0. The van der Waals surface area contributed by atoms with Gasteiger partial charge in [0.1, 0.15) is 0 Å². The average molecular weight is 276 g/mol. The molecule has 0 amide bonds. The van der Waals surface area contributed by atoms with Crippen molar-refractivity contribution in [3.05, 3.63) is 46.0 Å². The third kappa shape index (κ3) is 1.99. The fraction of sp³-hybridized carbons (Fsp3) is 0. The first-order valence-corrected chi connectivity index (χ1v) is 7.63. The highest BCUT2D eigenvalue weighted by Crippen LogP contribution is 2.41. The summed E-state index contributed by atoms with van der Waals surface area (Å²) in [5.74, 6) is 0. The van der Waals surface area contributed by atoms with Crippen LogP contribution in [0.15, 0.2) is 41.1 Å². The molecule has 0 spiro atoms. The Balaban J connectivity index is 2.10. The largest absolute Gasteiger partial charge is 0.297 e. The Morgan fingerprint density at radius 2 is 1.88 bits per heavy atom. The van der Waals surface area contributed by atoms with E-state index >= 15 is 0 Å². The van der Waals surface area contributed by atoms with Crippen LogP contribution in [0.3, 0.4) is 0 Å². The molecular formula is C13H8OS3. The normalized spacial score (nSPS) is 10.6. The van der Waals surface area contributed by atoms with Gasteiger partial charge in [0.2, 0.25) is 0 Å². The molecule has 1 nitrogen and oxygen atoms in total. The molecule has 0 aliphatic heterocycles. The molecule has 0 fully saturated rings. The molecule has 0 aliphatic rings. The van der Waals surface area contributed by atoms with Crippen molar-refractivity contribution < 1.29 is 4.79 Å². The van der Waals surface area contributed by atoms with Crippen LogP contribution in [0.25, 0.3) is 20.2 Å². The van der Waals surface area contributed by atoms with Gasteiger partial charge in [0.25, 0.3) is 0 Å². The van der Waals surface area contributed by atoms with E-state index in [1.807, 2.05) is 12.1 Å². The van der Waals surface area contributed by atoms with E-state index in [0.29, 0.717) is 0 Å². The zero-order valence-corrected chi connectivity index (χ0v) is 11.2. The van der Waals surface area contributed by atoms with E-state index in [9.17, 15) is 4.79 Å². The number of hydrogen-bond acceptors (Lipinski definition) is 4. The monoisotopic (exact) mass is 276 g/mol. The molecule has 0 atom stereocenters. The lowest BCUT2D eigenvalue weighted by molar-refractivity contribution is 0.112. The number of hydrogen-bond donors (Lipinski definition) is 0. The van der Waals surface area contributed by atoms with Crippen LogP contribution < -0.4 is 0 Å². The van der Waals surface area contributed by atoms with Gasteiger partial charge in [0, 0.05) is 15.3 Å². The molecule has 0 unspecified atom stereocenters. The molecular weight excluding hydrogens is 268 g/mol. The molecule has 84 valence electrons. The van der Waals surface area contributed by atoms with Crippen molar-refractivity contribution in [1.29, 1.82) is 0 Å². The lowest BCUT2D eigenvalue weighted by atomic mass is 10.2. The first-order valence-electron chi connectivity index (χ1n) is 5.05. The van der Waals surface area contributed by atoms with Gasteiger partial charge in [-0.1, -0.05) is 6.07 Å². The van der Waals surface area contributed by atoms with Gasteiger partial charge < -0.3 is 0 Å². The molecule has 3 aromatic rings. The fourth-order valence-electron chi connectivity index (χ4n) is 1.66. The number of aldehydes is 1. The highest BCUT2D eigenvalue weighted by Gasteiger charge is 2.11. The van der Waals surface area contributed by atoms with Crippen LogP contribution in [0.5, 0.6) is 0 Å². The van der Waals surface area contributed by atoms with Gasteiger partial charge in [-0.2, -0.15) is 0 Å². The van der Waals surface area contributed by atoms with E-state index in [2.05, 4.69) is 29.0 Å². The zero-order chi connectivity index (χ0) is 11.7. The van der Waals surface area contributed by atoms with E-state index in [1.54, 1.807) is 34.0 Å². The quantitative estimate of drug-likeness (QED) is 0.614. The molecule has 4 heteroatoms. The summed E-state index contributed by atoms with van der Waals surface area (Å²) in [7, 11) is 0. The lowest BCUT2D eigenvalue weighted by Crippen LogP contribution is -1.70. The van der Waals surface area contributed by atoms with E-state index in [4.69, 9.17) is 0 Å². The highest BCUT2D eigenvalue weighted by molar-refractivity contribution is 7.23. The van der Waals surface area contributed by atoms with Gasteiger partial charge in [-0.05, 0) is 35.0 Å². The second-order valence-electron chi connectivity index (χ2n) is 3.46. The van der Waals surface area contributed by atoms with Gasteiger partial charge in [-0.15, -0.1) is 34.0 Å². The summed E-state index contributed by atoms with van der Waals surface area (Å²) in [5, 5.41) is 4.19. The van der Waals surface area contributed by atoms with Crippen LogP contribution in [0.1, 0.15) is 9.67 Å². The van der Waals surface area contributed by atoms with Crippen LogP contribution in [0.2, 0.25) is 0 Å². The van der Waals surface area contributed by atoms with E-state index in [0.717, 1.165) is 11.2 Å².